The summed E-state index contributed by atoms with van der Waals surface area (Å²) in [5.41, 5.74) is 1.55. The monoisotopic (exact) mass is 420 g/mol. The summed E-state index contributed by atoms with van der Waals surface area (Å²) in [6.07, 6.45) is 2.56. The molecule has 2 N–H and O–H groups in total. The number of thioether (sulfide) groups is 1. The molecule has 132 valence electrons. The number of hydrogen-bond donors (Lipinski definition) is 2. The summed E-state index contributed by atoms with van der Waals surface area (Å²) in [6, 6.07) is 16.3. The predicted octanol–water partition coefficient (Wildman–Crippen LogP) is 3.62. The number of benzene rings is 2. The maximum atomic E-state index is 12.5. The van der Waals surface area contributed by atoms with Gasteiger partial charge in [0.1, 0.15) is 6.04 Å². The van der Waals surface area contributed by atoms with Crippen LogP contribution in [0.4, 0.5) is 0 Å². The van der Waals surface area contributed by atoms with Gasteiger partial charge in [-0.25, -0.2) is 0 Å². The zero-order valence-corrected chi connectivity index (χ0v) is 16.4. The maximum absolute atomic E-state index is 12.5. The van der Waals surface area contributed by atoms with Crippen molar-refractivity contribution in [3.8, 4) is 0 Å². The second-order valence-electron chi connectivity index (χ2n) is 5.49. The van der Waals surface area contributed by atoms with E-state index in [1.54, 1.807) is 30.0 Å². The predicted molar refractivity (Wildman–Crippen MR) is 107 cm³/mol. The average molecular weight is 421 g/mol. The van der Waals surface area contributed by atoms with Gasteiger partial charge in [0.25, 0.3) is 5.91 Å². The van der Waals surface area contributed by atoms with E-state index in [2.05, 4.69) is 26.6 Å². The van der Waals surface area contributed by atoms with E-state index in [0.717, 1.165) is 11.3 Å². The molecule has 0 bridgehead atoms. The molecule has 2 aromatic carbocycles. The molecule has 25 heavy (non-hydrogen) atoms. The van der Waals surface area contributed by atoms with Gasteiger partial charge in [-0.1, -0.05) is 42.5 Å². The Kier molecular flexibility index (Phi) is 8.01. The number of nitrogens with one attached hydrogen (secondary N) is 2. The summed E-state index contributed by atoms with van der Waals surface area (Å²) in [4.78, 5) is 25.0. The maximum Gasteiger partial charge on any atom is 0.253 e. The molecule has 2 amide bonds. The molecule has 2 aromatic rings. The smallest absolute Gasteiger partial charge is 0.253 e. The Hall–Kier alpha value is -1.79. The van der Waals surface area contributed by atoms with Crippen LogP contribution >= 0.6 is 27.7 Å². The molecule has 0 aliphatic heterocycles. The molecule has 6 heteroatoms. The first-order valence-electron chi connectivity index (χ1n) is 7.97. The lowest BCUT2D eigenvalue weighted by Crippen LogP contribution is -2.47. The van der Waals surface area contributed by atoms with Gasteiger partial charge in [-0.15, -0.1) is 0 Å². The van der Waals surface area contributed by atoms with Crippen molar-refractivity contribution >= 4 is 39.5 Å². The molecule has 2 rings (SSSR count). The van der Waals surface area contributed by atoms with Crippen LogP contribution in [0.5, 0.6) is 0 Å². The Morgan fingerprint density at radius 2 is 1.76 bits per heavy atom. The van der Waals surface area contributed by atoms with Gasteiger partial charge < -0.3 is 10.6 Å². The van der Waals surface area contributed by atoms with E-state index in [1.165, 1.54) is 0 Å². The van der Waals surface area contributed by atoms with Gasteiger partial charge in [-0.05, 0) is 52.1 Å². The van der Waals surface area contributed by atoms with Crippen LogP contribution in [-0.4, -0.2) is 29.9 Å². The van der Waals surface area contributed by atoms with E-state index in [0.29, 0.717) is 23.0 Å². The van der Waals surface area contributed by atoms with Crippen LogP contribution in [0, 0.1) is 0 Å². The Labute approximate surface area is 160 Å². The van der Waals surface area contributed by atoms with E-state index in [-0.39, 0.29) is 11.8 Å². The largest absolute Gasteiger partial charge is 0.350 e. The van der Waals surface area contributed by atoms with Crippen molar-refractivity contribution in [2.75, 3.05) is 12.0 Å². The highest BCUT2D eigenvalue weighted by atomic mass is 79.9. The number of hydrogen-bond acceptors (Lipinski definition) is 3. The normalized spacial score (nSPS) is 11.6. The van der Waals surface area contributed by atoms with Crippen LogP contribution in [0.15, 0.2) is 59.1 Å². The summed E-state index contributed by atoms with van der Waals surface area (Å²) in [6.45, 7) is 0.445. The molecular weight excluding hydrogens is 400 g/mol. The zero-order valence-electron chi connectivity index (χ0n) is 14.0. The van der Waals surface area contributed by atoms with Gasteiger partial charge >= 0.3 is 0 Å². The molecule has 0 aromatic heterocycles. The number of halogens is 1. The van der Waals surface area contributed by atoms with E-state index in [1.807, 2.05) is 42.7 Å². The Morgan fingerprint density at radius 1 is 1.08 bits per heavy atom. The fourth-order valence-electron chi connectivity index (χ4n) is 2.29. The van der Waals surface area contributed by atoms with Gasteiger partial charge in [-0.3, -0.25) is 9.59 Å². The minimum absolute atomic E-state index is 0.168. The number of carbonyl (C=O) groups excluding carboxylic acids is 2. The highest BCUT2D eigenvalue weighted by Crippen LogP contribution is 2.16. The fourth-order valence-corrected chi connectivity index (χ4v) is 3.23. The fraction of sp³-hybridized carbons (Fsp3) is 0.263. The third-order valence-electron chi connectivity index (χ3n) is 3.66. The number of carbonyl (C=O) groups is 2. The first-order chi connectivity index (χ1) is 12.1. The quantitative estimate of drug-likeness (QED) is 0.685. The summed E-state index contributed by atoms with van der Waals surface area (Å²) >= 11 is 5.02. The van der Waals surface area contributed by atoms with Gasteiger partial charge in [0.15, 0.2) is 0 Å². The molecule has 0 aliphatic carbocycles. The molecule has 0 spiro atoms. The molecule has 0 saturated heterocycles. The van der Waals surface area contributed by atoms with Crippen LogP contribution < -0.4 is 10.6 Å². The summed E-state index contributed by atoms with van der Waals surface area (Å²) in [5, 5.41) is 5.76. The van der Waals surface area contributed by atoms with E-state index in [4.69, 9.17) is 0 Å². The molecule has 0 fully saturated rings. The minimum Gasteiger partial charge on any atom is -0.350 e. The highest BCUT2D eigenvalue weighted by molar-refractivity contribution is 9.10. The van der Waals surface area contributed by atoms with Crippen LogP contribution in [0.3, 0.4) is 0 Å². The second kappa shape index (κ2) is 10.3. The van der Waals surface area contributed by atoms with Crippen molar-refractivity contribution in [2.45, 2.75) is 19.0 Å². The van der Waals surface area contributed by atoms with Crippen molar-refractivity contribution < 1.29 is 9.59 Å². The molecule has 0 heterocycles. The summed E-state index contributed by atoms with van der Waals surface area (Å²) < 4.78 is 0.709. The Bertz CT molecular complexity index is 710. The van der Waals surface area contributed by atoms with Crippen molar-refractivity contribution in [1.29, 1.82) is 0 Å². The van der Waals surface area contributed by atoms with Gasteiger partial charge in [0.2, 0.25) is 5.91 Å². The van der Waals surface area contributed by atoms with Gasteiger partial charge in [0.05, 0.1) is 5.56 Å². The van der Waals surface area contributed by atoms with Gasteiger partial charge in [0, 0.05) is 11.0 Å². The lowest BCUT2D eigenvalue weighted by molar-refractivity contribution is -0.123. The lowest BCUT2D eigenvalue weighted by Gasteiger charge is -2.18. The third kappa shape index (κ3) is 6.21. The molecule has 1 unspecified atom stereocenters. The van der Waals surface area contributed by atoms with Crippen molar-refractivity contribution in [3.63, 3.8) is 0 Å². The molecule has 0 aliphatic rings. The molecule has 4 nitrogen and oxygen atoms in total. The molecular formula is C19H21BrN2O2S. The van der Waals surface area contributed by atoms with Crippen LogP contribution in [-0.2, 0) is 11.3 Å². The Balaban J connectivity index is 2.00. The zero-order chi connectivity index (χ0) is 18.1. The molecule has 0 radical (unpaired) electrons. The molecule has 0 saturated carbocycles. The van der Waals surface area contributed by atoms with Crippen LogP contribution in [0.2, 0.25) is 0 Å². The Morgan fingerprint density at radius 3 is 2.44 bits per heavy atom. The lowest BCUT2D eigenvalue weighted by atomic mass is 10.1. The van der Waals surface area contributed by atoms with E-state index in [9.17, 15) is 9.59 Å². The van der Waals surface area contributed by atoms with Crippen molar-refractivity contribution in [1.82, 2.24) is 10.6 Å². The first kappa shape index (κ1) is 19.5. The topological polar surface area (TPSA) is 58.2 Å². The van der Waals surface area contributed by atoms with Crippen LogP contribution in [0.1, 0.15) is 22.3 Å². The van der Waals surface area contributed by atoms with Gasteiger partial charge in [-0.2, -0.15) is 11.8 Å². The number of rotatable bonds is 8. The van der Waals surface area contributed by atoms with Crippen molar-refractivity contribution in [2.24, 2.45) is 0 Å². The minimum atomic E-state index is -0.559. The van der Waals surface area contributed by atoms with Crippen molar-refractivity contribution in [3.05, 3.63) is 70.2 Å². The SMILES string of the molecule is CSCCC(NC(=O)c1ccccc1Br)C(=O)NCc1ccccc1. The first-order valence-corrected chi connectivity index (χ1v) is 10.2. The number of amides is 2. The summed E-state index contributed by atoms with van der Waals surface area (Å²) in [7, 11) is 0. The molecule has 1 atom stereocenters. The second-order valence-corrected chi connectivity index (χ2v) is 7.33. The van der Waals surface area contributed by atoms with Crippen LogP contribution in [0.25, 0.3) is 0 Å². The highest BCUT2D eigenvalue weighted by Gasteiger charge is 2.21. The average Bonchev–Trinajstić information content (AvgIpc) is 2.64. The summed E-state index contributed by atoms with van der Waals surface area (Å²) in [5.74, 6) is 0.367. The standard InChI is InChI=1S/C19H21BrN2O2S/c1-25-12-11-17(19(24)21-13-14-7-3-2-4-8-14)22-18(23)15-9-5-6-10-16(15)20/h2-10,17H,11-13H2,1H3,(H,21,24)(H,22,23). The van der Waals surface area contributed by atoms with E-state index < -0.39 is 6.04 Å². The third-order valence-corrected chi connectivity index (χ3v) is 5.00. The van der Waals surface area contributed by atoms with E-state index >= 15 is 0 Å².